The van der Waals surface area contributed by atoms with Crippen LogP contribution in [0.25, 0.3) is 0 Å². The van der Waals surface area contributed by atoms with Crippen LogP contribution in [0, 0.1) is 7.05 Å². The Balaban J connectivity index is 3.82. The molecule has 0 aliphatic heterocycles. The van der Waals surface area contributed by atoms with Gasteiger partial charge >= 0.3 is 0 Å². The van der Waals surface area contributed by atoms with Gasteiger partial charge in [0.2, 0.25) is 5.91 Å². The summed E-state index contributed by atoms with van der Waals surface area (Å²) in [5, 5.41) is 2.22. The fourth-order valence-electron chi connectivity index (χ4n) is 0.155. The molecule has 0 aromatic carbocycles. The van der Waals surface area contributed by atoms with Crippen molar-refractivity contribution < 1.29 is 4.79 Å². The molecule has 8 heavy (non-hydrogen) atoms. The monoisotopic (exact) mass is 242 g/mol. The summed E-state index contributed by atoms with van der Waals surface area (Å²) in [6.07, 6.45) is 0. The second-order valence-corrected chi connectivity index (χ2v) is 5.63. The normalized spacial score (nSPS) is 11.0. The molecule has 1 amide bonds. The topological polar surface area (TPSA) is 29.1 Å². The van der Waals surface area contributed by atoms with Gasteiger partial charge in [-0.05, 0) is 6.92 Å². The van der Waals surface area contributed by atoms with Gasteiger partial charge in [0.15, 0.2) is 3.23 Å². The predicted molar refractivity (Wildman–Crippen MR) is 39.8 cm³/mol. The van der Waals surface area contributed by atoms with Gasteiger partial charge in [-0.15, -0.1) is 0 Å². The van der Waals surface area contributed by atoms with E-state index in [1.54, 1.807) is 6.92 Å². The summed E-state index contributed by atoms with van der Waals surface area (Å²) < 4.78 is -0.679. The molecule has 0 saturated heterocycles. The van der Waals surface area contributed by atoms with Gasteiger partial charge in [0.05, 0.1) is 0 Å². The van der Waals surface area contributed by atoms with E-state index in [0.717, 1.165) is 0 Å². The van der Waals surface area contributed by atoms with Crippen LogP contribution in [0.4, 0.5) is 0 Å². The van der Waals surface area contributed by atoms with E-state index in [9.17, 15) is 4.79 Å². The lowest BCUT2D eigenvalue weighted by atomic mass is 10.5. The number of hydrogen-bond donors (Lipinski definition) is 1. The molecule has 0 heterocycles. The minimum Gasteiger partial charge on any atom is -0.352 e. The van der Waals surface area contributed by atoms with Gasteiger partial charge in [-0.25, -0.2) is 0 Å². The lowest BCUT2D eigenvalue weighted by Gasteiger charge is -2.09. The second-order valence-electron chi connectivity index (χ2n) is 1.39. The Morgan fingerprint density at radius 1 is 1.75 bits per heavy atom. The van der Waals surface area contributed by atoms with Gasteiger partial charge in [-0.2, -0.15) is 0 Å². The molecule has 1 radical (unpaired) electrons. The maximum Gasteiger partial charge on any atom is 0.247 e. The van der Waals surface area contributed by atoms with E-state index in [0.29, 0.717) is 0 Å². The maximum absolute atomic E-state index is 10.6. The lowest BCUT2D eigenvalue weighted by molar-refractivity contribution is -0.119. The number of amides is 1. The minimum atomic E-state index is -0.679. The van der Waals surface area contributed by atoms with E-state index < -0.39 is 3.23 Å². The van der Waals surface area contributed by atoms with E-state index in [1.807, 2.05) is 0 Å². The first-order valence-electron chi connectivity index (χ1n) is 1.94. The Kier molecular flexibility index (Phi) is 2.98. The second kappa shape index (κ2) is 2.82. The summed E-state index contributed by atoms with van der Waals surface area (Å²) in [4.78, 5) is 10.6. The van der Waals surface area contributed by atoms with Crippen molar-refractivity contribution >= 4 is 37.8 Å². The molecular weight excluding hydrogens is 238 g/mol. The summed E-state index contributed by atoms with van der Waals surface area (Å²) in [6, 6.07) is 0. The molecule has 2 nitrogen and oxygen atoms in total. The molecule has 0 unspecified atom stereocenters. The molecular formula is C4H6Br2NO. The van der Waals surface area contributed by atoms with E-state index >= 15 is 0 Å². The summed E-state index contributed by atoms with van der Waals surface area (Å²) in [7, 11) is 3.19. The summed E-state index contributed by atoms with van der Waals surface area (Å²) in [5.74, 6) is -0.197. The van der Waals surface area contributed by atoms with Crippen molar-refractivity contribution in [3.63, 3.8) is 0 Å². The number of alkyl halides is 2. The fourth-order valence-corrected chi connectivity index (χ4v) is 0.436. The Labute approximate surface area is 65.3 Å². The first kappa shape index (κ1) is 8.43. The number of hydrogen-bond acceptors (Lipinski definition) is 1. The van der Waals surface area contributed by atoms with Crippen LogP contribution < -0.4 is 5.32 Å². The molecule has 1 N–H and O–H groups in total. The summed E-state index contributed by atoms with van der Waals surface area (Å²) in [6.45, 7) is 1.67. The first-order chi connectivity index (χ1) is 3.48. The lowest BCUT2D eigenvalue weighted by Crippen LogP contribution is -2.30. The third-order valence-corrected chi connectivity index (χ3v) is 1.28. The van der Waals surface area contributed by atoms with Crippen LogP contribution in [0.1, 0.15) is 6.92 Å². The maximum atomic E-state index is 10.6. The average molecular weight is 244 g/mol. The number of halogens is 2. The van der Waals surface area contributed by atoms with Gasteiger partial charge in [0.25, 0.3) is 0 Å². The van der Waals surface area contributed by atoms with Crippen LogP contribution in [0.2, 0.25) is 0 Å². The quantitative estimate of drug-likeness (QED) is 0.694. The Morgan fingerprint density at radius 2 is 2.12 bits per heavy atom. The molecule has 0 bridgehead atoms. The molecule has 0 rings (SSSR count). The van der Waals surface area contributed by atoms with Crippen molar-refractivity contribution in [2.24, 2.45) is 0 Å². The van der Waals surface area contributed by atoms with E-state index in [2.05, 4.69) is 44.2 Å². The zero-order valence-corrected chi connectivity index (χ0v) is 7.54. The van der Waals surface area contributed by atoms with Gasteiger partial charge in [-0.3, -0.25) is 4.79 Å². The molecule has 0 aromatic heterocycles. The van der Waals surface area contributed by atoms with Crippen LogP contribution in [-0.2, 0) is 4.79 Å². The molecule has 0 aliphatic carbocycles. The highest BCUT2D eigenvalue weighted by molar-refractivity contribution is 9.25. The average Bonchev–Trinajstić information content (AvgIpc) is 1.62. The van der Waals surface area contributed by atoms with Crippen LogP contribution in [-0.4, -0.2) is 9.14 Å². The Morgan fingerprint density at radius 3 is 2.12 bits per heavy atom. The zero-order valence-electron chi connectivity index (χ0n) is 4.37. The fraction of sp³-hybridized carbons (Fsp3) is 0.500. The van der Waals surface area contributed by atoms with Crippen molar-refractivity contribution in [2.75, 3.05) is 0 Å². The van der Waals surface area contributed by atoms with Crippen LogP contribution >= 0.6 is 31.9 Å². The minimum absolute atomic E-state index is 0.197. The number of rotatable bonds is 1. The third kappa shape index (κ3) is 2.67. The van der Waals surface area contributed by atoms with Crippen molar-refractivity contribution in [3.05, 3.63) is 7.05 Å². The van der Waals surface area contributed by atoms with E-state index in [-0.39, 0.29) is 5.91 Å². The molecule has 47 valence electrons. The first-order valence-corrected chi connectivity index (χ1v) is 3.52. The van der Waals surface area contributed by atoms with Crippen molar-refractivity contribution in [2.45, 2.75) is 10.2 Å². The highest BCUT2D eigenvalue weighted by Crippen LogP contribution is 2.24. The van der Waals surface area contributed by atoms with Gasteiger partial charge in [-0.1, -0.05) is 31.9 Å². The molecule has 0 saturated carbocycles. The zero-order chi connectivity index (χ0) is 6.78. The van der Waals surface area contributed by atoms with Crippen molar-refractivity contribution in [1.29, 1.82) is 0 Å². The molecule has 4 heteroatoms. The number of carbonyl (C=O) groups is 1. The van der Waals surface area contributed by atoms with Crippen molar-refractivity contribution in [1.82, 2.24) is 5.32 Å². The van der Waals surface area contributed by atoms with Crippen molar-refractivity contribution in [3.8, 4) is 0 Å². The van der Waals surface area contributed by atoms with Gasteiger partial charge in [0.1, 0.15) is 0 Å². The highest BCUT2D eigenvalue weighted by Gasteiger charge is 2.23. The van der Waals surface area contributed by atoms with Gasteiger partial charge < -0.3 is 5.32 Å². The predicted octanol–water partition coefficient (Wildman–Crippen LogP) is 1.40. The summed E-state index contributed by atoms with van der Waals surface area (Å²) in [5.41, 5.74) is 0. The Bertz CT molecular complexity index is 96.7. The molecule has 0 aliphatic rings. The van der Waals surface area contributed by atoms with Crippen LogP contribution in [0.15, 0.2) is 0 Å². The van der Waals surface area contributed by atoms with Crippen LogP contribution in [0.5, 0.6) is 0 Å². The molecule has 0 fully saturated rings. The number of nitrogens with one attached hydrogen (secondary N) is 1. The molecule has 0 spiro atoms. The molecule has 0 atom stereocenters. The van der Waals surface area contributed by atoms with Crippen LogP contribution in [0.3, 0.4) is 0 Å². The highest BCUT2D eigenvalue weighted by atomic mass is 79.9. The third-order valence-electron chi connectivity index (χ3n) is 0.559. The Hall–Kier alpha value is 0.430. The van der Waals surface area contributed by atoms with E-state index in [1.165, 1.54) is 0 Å². The van der Waals surface area contributed by atoms with Gasteiger partial charge in [0, 0.05) is 7.05 Å². The smallest absolute Gasteiger partial charge is 0.247 e. The SMILES string of the molecule is [CH2]NC(=O)C(C)(Br)Br. The standard InChI is InChI=1S/C4H6Br2NO/c1-4(5,6)3(8)7-2/h2H2,1H3,(H,7,8). The van der Waals surface area contributed by atoms with E-state index in [4.69, 9.17) is 0 Å². The largest absolute Gasteiger partial charge is 0.352 e. The number of carbonyl (C=O) groups excluding carboxylic acids is 1. The summed E-state index contributed by atoms with van der Waals surface area (Å²) >= 11 is 6.14. The molecule has 0 aromatic rings.